The van der Waals surface area contributed by atoms with Crippen LogP contribution in [-0.2, 0) is 0 Å². The van der Waals surface area contributed by atoms with Crippen LogP contribution >= 0.6 is 11.8 Å². The van der Waals surface area contributed by atoms with Crippen molar-refractivity contribution in [2.45, 2.75) is 31.1 Å². The number of carbonyl (C=O) groups excluding carboxylic acids is 1. The molecule has 0 fully saturated rings. The SMILES string of the molecule is CC(C)c1ccc(C(=O)CSc2nnc([C@H]3COc4ccccc4O3)o2)cc1. The molecule has 1 atom stereocenters. The standard InChI is InChI=1S/C21H20N2O4S/c1-13(2)14-7-9-15(10-8-14)16(24)12-28-21-23-22-20(27-21)19-11-25-17-5-3-4-6-18(17)26-19/h3-10,13,19H,11-12H2,1-2H3/t19-/m1/s1. The van der Waals surface area contributed by atoms with Gasteiger partial charge in [-0.15, -0.1) is 10.2 Å². The van der Waals surface area contributed by atoms with Crippen molar-refractivity contribution >= 4 is 17.5 Å². The van der Waals surface area contributed by atoms with E-state index < -0.39 is 6.10 Å². The summed E-state index contributed by atoms with van der Waals surface area (Å²) in [5.41, 5.74) is 1.89. The van der Waals surface area contributed by atoms with Crippen LogP contribution in [0.5, 0.6) is 11.5 Å². The van der Waals surface area contributed by atoms with Crippen LogP contribution in [0.1, 0.15) is 47.7 Å². The molecule has 2 heterocycles. The molecule has 28 heavy (non-hydrogen) atoms. The summed E-state index contributed by atoms with van der Waals surface area (Å²) in [6.45, 7) is 4.55. The Bertz CT molecular complexity index is 969. The van der Waals surface area contributed by atoms with Gasteiger partial charge in [-0.1, -0.05) is 62.0 Å². The zero-order valence-electron chi connectivity index (χ0n) is 15.6. The maximum Gasteiger partial charge on any atom is 0.277 e. The Morgan fingerprint density at radius 1 is 1.11 bits per heavy atom. The van der Waals surface area contributed by atoms with Crippen molar-refractivity contribution in [2.75, 3.05) is 12.4 Å². The summed E-state index contributed by atoms with van der Waals surface area (Å²) < 4.78 is 17.2. The molecule has 0 spiro atoms. The minimum absolute atomic E-state index is 0.0197. The van der Waals surface area contributed by atoms with E-state index in [1.807, 2.05) is 48.5 Å². The maximum atomic E-state index is 12.4. The molecule has 0 radical (unpaired) electrons. The summed E-state index contributed by atoms with van der Waals surface area (Å²) in [7, 11) is 0. The number of ether oxygens (including phenoxy) is 2. The number of benzene rings is 2. The van der Waals surface area contributed by atoms with Gasteiger partial charge in [-0.25, -0.2) is 0 Å². The highest BCUT2D eigenvalue weighted by Gasteiger charge is 2.27. The number of aromatic nitrogens is 2. The Labute approximate surface area is 167 Å². The minimum atomic E-state index is -0.462. The molecule has 0 amide bonds. The van der Waals surface area contributed by atoms with Gasteiger partial charge in [0.1, 0.15) is 6.61 Å². The monoisotopic (exact) mass is 396 g/mol. The van der Waals surface area contributed by atoms with Crippen LogP contribution in [-0.4, -0.2) is 28.3 Å². The number of rotatable bonds is 6. The normalized spacial score (nSPS) is 15.6. The van der Waals surface area contributed by atoms with Crippen molar-refractivity contribution in [1.29, 1.82) is 0 Å². The van der Waals surface area contributed by atoms with Crippen molar-refractivity contribution in [3.05, 3.63) is 65.5 Å². The number of thioether (sulfide) groups is 1. The van der Waals surface area contributed by atoms with Crippen molar-refractivity contribution in [3.8, 4) is 11.5 Å². The highest BCUT2D eigenvalue weighted by molar-refractivity contribution is 7.99. The summed E-state index contributed by atoms with van der Waals surface area (Å²) in [6, 6.07) is 15.1. The highest BCUT2D eigenvalue weighted by Crippen LogP contribution is 2.36. The molecule has 0 bridgehead atoms. The number of para-hydroxylation sites is 2. The molecule has 0 saturated heterocycles. The maximum absolute atomic E-state index is 12.4. The Hall–Kier alpha value is -2.80. The number of hydrogen-bond donors (Lipinski definition) is 0. The number of carbonyl (C=O) groups is 1. The number of fused-ring (bicyclic) bond motifs is 1. The van der Waals surface area contributed by atoms with Gasteiger partial charge in [0.25, 0.3) is 11.1 Å². The van der Waals surface area contributed by atoms with Crippen LogP contribution < -0.4 is 9.47 Å². The van der Waals surface area contributed by atoms with E-state index in [9.17, 15) is 4.79 Å². The molecule has 0 saturated carbocycles. The molecule has 1 aliphatic heterocycles. The first-order chi connectivity index (χ1) is 13.6. The van der Waals surface area contributed by atoms with E-state index in [1.165, 1.54) is 17.3 Å². The van der Waals surface area contributed by atoms with Gasteiger partial charge in [0.2, 0.25) is 6.10 Å². The molecule has 0 N–H and O–H groups in total. The van der Waals surface area contributed by atoms with Gasteiger partial charge in [0, 0.05) is 5.56 Å². The van der Waals surface area contributed by atoms with Gasteiger partial charge in [0.05, 0.1) is 5.75 Å². The molecule has 144 valence electrons. The van der Waals surface area contributed by atoms with E-state index in [-0.39, 0.29) is 11.5 Å². The zero-order valence-corrected chi connectivity index (χ0v) is 16.4. The predicted octanol–water partition coefficient (Wildman–Crippen LogP) is 4.68. The van der Waals surface area contributed by atoms with E-state index in [4.69, 9.17) is 13.9 Å². The number of nitrogens with zero attached hydrogens (tertiary/aromatic N) is 2. The van der Waals surface area contributed by atoms with Crippen LogP contribution in [0.3, 0.4) is 0 Å². The topological polar surface area (TPSA) is 74.5 Å². The Kier molecular flexibility index (Phi) is 5.34. The van der Waals surface area contributed by atoms with Gasteiger partial charge in [-0.3, -0.25) is 4.79 Å². The van der Waals surface area contributed by atoms with Gasteiger partial charge in [-0.05, 0) is 23.6 Å². The van der Waals surface area contributed by atoms with Gasteiger partial charge < -0.3 is 13.9 Å². The molecular formula is C21H20N2O4S. The second-order valence-corrected chi connectivity index (χ2v) is 7.69. The van der Waals surface area contributed by atoms with Crippen LogP contribution in [0, 0.1) is 0 Å². The fourth-order valence-electron chi connectivity index (χ4n) is 2.81. The van der Waals surface area contributed by atoms with E-state index in [2.05, 4.69) is 24.0 Å². The average Bonchev–Trinajstić information content (AvgIpc) is 3.21. The number of Topliss-reactive ketones (excluding diaryl/α,β-unsaturated/α-hetero) is 1. The summed E-state index contributed by atoms with van der Waals surface area (Å²) >= 11 is 1.22. The summed E-state index contributed by atoms with van der Waals surface area (Å²) in [4.78, 5) is 12.4. The lowest BCUT2D eigenvalue weighted by Gasteiger charge is -2.23. The summed E-state index contributed by atoms with van der Waals surface area (Å²) in [5.74, 6) is 2.37. The molecule has 0 unspecified atom stereocenters. The average molecular weight is 396 g/mol. The van der Waals surface area contributed by atoms with Crippen molar-refractivity contribution in [3.63, 3.8) is 0 Å². The van der Waals surface area contributed by atoms with Crippen LogP contribution in [0.25, 0.3) is 0 Å². The van der Waals surface area contributed by atoms with Crippen LogP contribution in [0.4, 0.5) is 0 Å². The van der Waals surface area contributed by atoms with Crippen molar-refractivity contribution in [1.82, 2.24) is 10.2 Å². The Balaban J connectivity index is 1.35. The van der Waals surface area contributed by atoms with E-state index in [0.29, 0.717) is 40.7 Å². The third-order valence-corrected chi connectivity index (χ3v) is 5.25. The molecule has 1 aliphatic rings. The van der Waals surface area contributed by atoms with Crippen molar-refractivity contribution in [2.24, 2.45) is 0 Å². The lowest BCUT2D eigenvalue weighted by molar-refractivity contribution is 0.0686. The smallest absolute Gasteiger partial charge is 0.277 e. The molecule has 2 aromatic carbocycles. The fourth-order valence-corrected chi connectivity index (χ4v) is 3.48. The first kappa shape index (κ1) is 18.6. The molecule has 0 aliphatic carbocycles. The third-order valence-electron chi connectivity index (χ3n) is 4.43. The highest BCUT2D eigenvalue weighted by atomic mass is 32.2. The number of ketones is 1. The summed E-state index contributed by atoms with van der Waals surface area (Å²) in [6.07, 6.45) is -0.462. The Morgan fingerprint density at radius 3 is 2.61 bits per heavy atom. The largest absolute Gasteiger partial charge is 0.485 e. The minimum Gasteiger partial charge on any atom is -0.485 e. The van der Waals surface area contributed by atoms with Crippen molar-refractivity contribution < 1.29 is 18.7 Å². The van der Waals surface area contributed by atoms with Gasteiger partial charge >= 0.3 is 0 Å². The fraction of sp³-hybridized carbons (Fsp3) is 0.286. The lowest BCUT2D eigenvalue weighted by atomic mass is 10.0. The molecule has 4 rings (SSSR count). The van der Waals surface area contributed by atoms with E-state index in [1.54, 1.807) is 0 Å². The van der Waals surface area contributed by atoms with E-state index >= 15 is 0 Å². The number of hydrogen-bond acceptors (Lipinski definition) is 7. The molecule has 3 aromatic rings. The molecular weight excluding hydrogens is 376 g/mol. The van der Waals surface area contributed by atoms with Gasteiger partial charge in [0.15, 0.2) is 17.3 Å². The summed E-state index contributed by atoms with van der Waals surface area (Å²) in [5, 5.41) is 8.39. The first-order valence-corrected chi connectivity index (χ1v) is 10.1. The second kappa shape index (κ2) is 8.06. The third kappa shape index (κ3) is 4.04. The second-order valence-electron chi connectivity index (χ2n) is 6.76. The van der Waals surface area contributed by atoms with Crippen LogP contribution in [0.2, 0.25) is 0 Å². The molecule has 1 aromatic heterocycles. The molecule has 7 heteroatoms. The van der Waals surface area contributed by atoms with Gasteiger partial charge in [-0.2, -0.15) is 0 Å². The molecule has 6 nitrogen and oxygen atoms in total. The van der Waals surface area contributed by atoms with Crippen LogP contribution in [0.15, 0.2) is 58.2 Å². The van der Waals surface area contributed by atoms with E-state index in [0.717, 1.165) is 0 Å². The Morgan fingerprint density at radius 2 is 1.86 bits per heavy atom. The first-order valence-electron chi connectivity index (χ1n) is 9.08. The quantitative estimate of drug-likeness (QED) is 0.442. The predicted molar refractivity (Wildman–Crippen MR) is 105 cm³/mol. The zero-order chi connectivity index (χ0) is 19.5. The lowest BCUT2D eigenvalue weighted by Crippen LogP contribution is -2.21.